The lowest BCUT2D eigenvalue weighted by molar-refractivity contribution is 0.0378. The Balaban J connectivity index is 4.71. The fourth-order valence-corrected chi connectivity index (χ4v) is 10.4. The van der Waals surface area contributed by atoms with E-state index in [0.29, 0.717) is 0 Å². The largest absolute Gasteiger partial charge is 0.443 e. The van der Waals surface area contributed by atoms with E-state index >= 15 is 0 Å². The van der Waals surface area contributed by atoms with Crippen molar-refractivity contribution in [3.63, 3.8) is 0 Å². The van der Waals surface area contributed by atoms with Crippen LogP contribution >= 0.6 is 7.82 Å². The van der Waals surface area contributed by atoms with Gasteiger partial charge in [0.15, 0.2) is 29.3 Å². The first-order valence-corrected chi connectivity index (χ1v) is 15.2. The number of hydrogen-bond donors (Lipinski definition) is 0. The highest BCUT2D eigenvalue weighted by Crippen LogP contribution is 2.49. The fourth-order valence-electron chi connectivity index (χ4n) is 1.63. The molecule has 0 aromatic carbocycles. The third-order valence-electron chi connectivity index (χ3n) is 4.52. The second kappa shape index (κ2) is 11.6. The van der Waals surface area contributed by atoms with Gasteiger partial charge in [0.2, 0.25) is 0 Å². The van der Waals surface area contributed by atoms with E-state index < -0.39 is 37.1 Å². The second-order valence-electron chi connectivity index (χ2n) is 8.09. The Labute approximate surface area is 166 Å². The molecule has 0 radical (unpaired) electrons. The molecule has 0 rings (SSSR count). The predicted octanol–water partition coefficient (Wildman–Crippen LogP) is 1.93. The molecular weight excluding hydrogens is 407 g/mol. The molecule has 0 unspecified atom stereocenters. The molecule has 0 fully saturated rings. The first-order valence-electron chi connectivity index (χ1n) is 8.99. The summed E-state index contributed by atoms with van der Waals surface area (Å²) in [6.45, 7) is 11.9. The summed E-state index contributed by atoms with van der Waals surface area (Å²) in [5, 5.41) is 0. The Morgan fingerprint density at radius 2 is 0.846 bits per heavy atom. The zero-order chi connectivity index (χ0) is 20.5. The van der Waals surface area contributed by atoms with Crippen molar-refractivity contribution in [2.24, 2.45) is 0 Å². The Morgan fingerprint density at radius 1 is 0.615 bits per heavy atom. The normalized spacial score (nSPS) is 17.3. The minimum atomic E-state index is -3.49. The maximum absolute atomic E-state index is 13.1. The molecule has 0 aliphatic heterocycles. The second-order valence-corrected chi connectivity index (χ2v) is 14.8. The molecule has 0 aromatic heterocycles. The molecule has 0 aliphatic carbocycles. The topological polar surface area (TPSA) is 72.5 Å². The van der Waals surface area contributed by atoms with Crippen molar-refractivity contribution in [3.8, 4) is 0 Å². The molecule has 0 aromatic rings. The Morgan fingerprint density at radius 3 is 1.04 bits per heavy atom. The van der Waals surface area contributed by atoms with Crippen molar-refractivity contribution < 1.29 is 31.4 Å². The number of phosphoric acid groups is 1. The zero-order valence-electron chi connectivity index (χ0n) is 18.0. The van der Waals surface area contributed by atoms with E-state index in [1.807, 2.05) is 41.5 Å². The predicted molar refractivity (Wildman–Crippen MR) is 114 cm³/mol. The molecule has 0 atom stereocenters. The van der Waals surface area contributed by atoms with Crippen LogP contribution in [0.25, 0.3) is 0 Å². The molecule has 0 amide bonds. The van der Waals surface area contributed by atoms with Gasteiger partial charge in [0.25, 0.3) is 0 Å². The minimum Gasteiger partial charge on any atom is -0.379 e. The SMILES string of the molecule is COC(C)(C)C[SiH2]OP(=O)(O[SiH2]CC(C)(C)OC)O[SiH2]CC(C)(C)OC. The fraction of sp³-hybridized carbons (Fsp3) is 1.00. The summed E-state index contributed by atoms with van der Waals surface area (Å²) >= 11 is 0. The lowest BCUT2D eigenvalue weighted by Crippen LogP contribution is -2.27. The van der Waals surface area contributed by atoms with E-state index in [-0.39, 0.29) is 16.8 Å². The molecule has 26 heavy (non-hydrogen) atoms. The van der Waals surface area contributed by atoms with E-state index in [1.165, 1.54) is 0 Å². The number of ether oxygens (including phenoxy) is 3. The monoisotopic (exact) mass is 446 g/mol. The van der Waals surface area contributed by atoms with Crippen molar-refractivity contribution in [1.29, 1.82) is 0 Å². The molecule has 158 valence electrons. The number of methoxy groups -OCH3 is 3. The lowest BCUT2D eigenvalue weighted by atomic mass is 10.2. The Bertz CT molecular complexity index is 385. The highest BCUT2D eigenvalue weighted by atomic mass is 31.2. The van der Waals surface area contributed by atoms with Gasteiger partial charge in [-0.15, -0.1) is 0 Å². The van der Waals surface area contributed by atoms with E-state index in [1.54, 1.807) is 21.3 Å². The van der Waals surface area contributed by atoms with Crippen LogP contribution in [-0.4, -0.2) is 67.4 Å². The van der Waals surface area contributed by atoms with Crippen LogP contribution in [0.15, 0.2) is 0 Å². The summed E-state index contributed by atoms with van der Waals surface area (Å²) in [7, 11) is -1.79. The van der Waals surface area contributed by atoms with Gasteiger partial charge in [-0.1, -0.05) is 0 Å². The summed E-state index contributed by atoms with van der Waals surface area (Å²) < 4.78 is 46.4. The molecule has 11 heteroatoms. The third-order valence-corrected chi connectivity index (χ3v) is 14.7. The average Bonchev–Trinajstić information content (AvgIpc) is 2.54. The van der Waals surface area contributed by atoms with Crippen LogP contribution in [0.3, 0.4) is 0 Å². The van der Waals surface area contributed by atoms with Crippen molar-refractivity contribution in [1.82, 2.24) is 0 Å². The Kier molecular flexibility index (Phi) is 11.9. The van der Waals surface area contributed by atoms with Gasteiger partial charge in [-0.2, -0.15) is 0 Å². The lowest BCUT2D eigenvalue weighted by Gasteiger charge is -2.27. The molecule has 0 heterocycles. The summed E-state index contributed by atoms with van der Waals surface area (Å²) in [5.74, 6) is 0. The van der Waals surface area contributed by atoms with E-state index in [9.17, 15) is 4.57 Å². The van der Waals surface area contributed by atoms with Crippen molar-refractivity contribution in [2.45, 2.75) is 76.5 Å². The number of hydrogen-bond acceptors (Lipinski definition) is 7. The van der Waals surface area contributed by atoms with E-state index in [0.717, 1.165) is 18.1 Å². The molecule has 0 aliphatic rings. The van der Waals surface area contributed by atoms with Gasteiger partial charge in [0.05, 0.1) is 16.8 Å². The van der Waals surface area contributed by atoms with Crippen LogP contribution in [0.4, 0.5) is 0 Å². The highest BCUT2D eigenvalue weighted by molar-refractivity contribution is 7.51. The highest BCUT2D eigenvalue weighted by Gasteiger charge is 2.30. The molecule has 0 N–H and O–H groups in total. The average molecular weight is 447 g/mol. The van der Waals surface area contributed by atoms with Crippen molar-refractivity contribution >= 4 is 37.1 Å². The van der Waals surface area contributed by atoms with Gasteiger partial charge < -0.3 is 26.8 Å². The smallest absolute Gasteiger partial charge is 0.379 e. The van der Waals surface area contributed by atoms with Crippen LogP contribution in [0.5, 0.6) is 0 Å². The van der Waals surface area contributed by atoms with Gasteiger partial charge >= 0.3 is 7.82 Å². The number of rotatable bonds is 15. The van der Waals surface area contributed by atoms with Gasteiger partial charge in [0.1, 0.15) is 0 Å². The first-order chi connectivity index (χ1) is 11.8. The van der Waals surface area contributed by atoms with Crippen LogP contribution in [0.1, 0.15) is 41.5 Å². The van der Waals surface area contributed by atoms with Gasteiger partial charge in [-0.25, -0.2) is 4.57 Å². The van der Waals surface area contributed by atoms with Gasteiger partial charge in [-0.3, -0.25) is 0 Å². The van der Waals surface area contributed by atoms with Crippen LogP contribution in [-0.2, 0) is 31.4 Å². The van der Waals surface area contributed by atoms with Crippen LogP contribution < -0.4 is 0 Å². The molecular formula is C15H39O7PSi3. The van der Waals surface area contributed by atoms with Crippen LogP contribution in [0, 0.1) is 0 Å². The molecule has 0 saturated carbocycles. The van der Waals surface area contributed by atoms with Crippen molar-refractivity contribution in [2.75, 3.05) is 21.3 Å². The van der Waals surface area contributed by atoms with Crippen molar-refractivity contribution in [3.05, 3.63) is 0 Å². The standard InChI is InChI=1S/C15H39O7PSi3/c1-13(2,17-7)10-24-20-23(16,21-25-11-14(3,4)18-8)22-26-12-15(5,6)19-9/h10-12,24-26H2,1-9H3. The Hall–Kier alpha value is 0.641. The maximum atomic E-state index is 13.1. The quantitative estimate of drug-likeness (QED) is 0.281. The molecule has 7 nitrogen and oxygen atoms in total. The van der Waals surface area contributed by atoms with E-state index in [2.05, 4.69) is 0 Å². The zero-order valence-corrected chi connectivity index (χ0v) is 23.2. The maximum Gasteiger partial charge on any atom is 0.443 e. The van der Waals surface area contributed by atoms with E-state index in [4.69, 9.17) is 26.8 Å². The van der Waals surface area contributed by atoms with Gasteiger partial charge in [-0.05, 0) is 59.7 Å². The molecule has 0 saturated heterocycles. The minimum absolute atomic E-state index is 0.290. The summed E-state index contributed by atoms with van der Waals surface area (Å²) in [5.41, 5.74) is -0.869. The third kappa shape index (κ3) is 12.2. The summed E-state index contributed by atoms with van der Waals surface area (Å²) in [6.07, 6.45) is 0. The summed E-state index contributed by atoms with van der Waals surface area (Å²) in [6, 6.07) is 2.20. The van der Waals surface area contributed by atoms with Gasteiger partial charge in [0, 0.05) is 21.3 Å². The van der Waals surface area contributed by atoms with Crippen LogP contribution in [0.2, 0.25) is 18.1 Å². The molecule has 0 bridgehead atoms. The summed E-state index contributed by atoms with van der Waals surface area (Å²) in [4.78, 5) is 0. The molecule has 0 spiro atoms. The first kappa shape index (κ1) is 26.6.